The first-order chi connectivity index (χ1) is 12.0. The third kappa shape index (κ3) is 4.14. The van der Waals surface area contributed by atoms with Gasteiger partial charge in [-0.05, 0) is 53.6 Å². The van der Waals surface area contributed by atoms with Crippen molar-refractivity contribution in [3.63, 3.8) is 0 Å². The van der Waals surface area contributed by atoms with Gasteiger partial charge in [0.25, 0.3) is 0 Å². The van der Waals surface area contributed by atoms with Crippen molar-refractivity contribution >= 4 is 34.8 Å². The van der Waals surface area contributed by atoms with Crippen molar-refractivity contribution in [2.45, 2.75) is 6.92 Å². The minimum Gasteiger partial charge on any atom is -0.366 e. The molecule has 4 nitrogen and oxygen atoms in total. The molecule has 1 amide bonds. The van der Waals surface area contributed by atoms with E-state index in [0.29, 0.717) is 37.4 Å². The Morgan fingerprint density at radius 3 is 2.52 bits per heavy atom. The van der Waals surface area contributed by atoms with Crippen molar-refractivity contribution in [3.8, 4) is 0 Å². The average Bonchev–Trinajstić information content (AvgIpc) is 3.13. The summed E-state index contributed by atoms with van der Waals surface area (Å²) in [7, 11) is 0. The predicted octanol–water partition coefficient (Wildman–Crippen LogP) is 3.45. The maximum Gasteiger partial charge on any atom is 0.246 e. The number of carbonyl (C=O) groups is 2. The lowest BCUT2D eigenvalue weighted by molar-refractivity contribution is -0.126. The molecule has 1 aromatic carbocycles. The molecule has 1 aromatic heterocycles. The second-order valence-electron chi connectivity index (χ2n) is 5.92. The van der Waals surface area contributed by atoms with Crippen molar-refractivity contribution < 1.29 is 14.0 Å². The van der Waals surface area contributed by atoms with Gasteiger partial charge in [0.05, 0.1) is 5.69 Å². The summed E-state index contributed by atoms with van der Waals surface area (Å²) in [6, 6.07) is 6.51. The van der Waals surface area contributed by atoms with E-state index in [1.54, 1.807) is 34.4 Å². The van der Waals surface area contributed by atoms with Crippen molar-refractivity contribution in [3.05, 3.63) is 58.0 Å². The Balaban J connectivity index is 1.60. The molecule has 0 saturated carbocycles. The van der Waals surface area contributed by atoms with Crippen LogP contribution in [0.15, 0.2) is 41.1 Å². The fraction of sp³-hybridized carbons (Fsp3) is 0.263. The summed E-state index contributed by atoms with van der Waals surface area (Å²) in [5.41, 5.74) is 1.86. The number of carbonyl (C=O) groups excluding carboxylic acids is 2. The molecule has 130 valence electrons. The number of piperazine rings is 1. The molecule has 25 heavy (non-hydrogen) atoms. The summed E-state index contributed by atoms with van der Waals surface area (Å²) in [5, 5.41) is 3.95. The van der Waals surface area contributed by atoms with E-state index in [0.717, 1.165) is 5.56 Å². The molecular weight excluding hydrogens is 339 g/mol. The van der Waals surface area contributed by atoms with Crippen LogP contribution in [-0.4, -0.2) is 42.8 Å². The van der Waals surface area contributed by atoms with Crippen molar-refractivity contribution in [1.29, 1.82) is 0 Å². The molecule has 2 heterocycles. The topological polar surface area (TPSA) is 40.6 Å². The Kier molecular flexibility index (Phi) is 5.28. The molecule has 2 aromatic rings. The summed E-state index contributed by atoms with van der Waals surface area (Å²) in [5.74, 6) is -0.582. The van der Waals surface area contributed by atoms with Gasteiger partial charge in [-0.1, -0.05) is 0 Å². The minimum absolute atomic E-state index is 0.0294. The first kappa shape index (κ1) is 17.4. The molecule has 1 fully saturated rings. The van der Waals surface area contributed by atoms with E-state index < -0.39 is 5.82 Å². The molecule has 1 aliphatic heterocycles. The molecule has 0 aliphatic carbocycles. The lowest BCUT2D eigenvalue weighted by atomic mass is 10.1. The summed E-state index contributed by atoms with van der Waals surface area (Å²) >= 11 is 1.59. The van der Waals surface area contributed by atoms with E-state index in [1.165, 1.54) is 13.0 Å². The van der Waals surface area contributed by atoms with Gasteiger partial charge in [-0.25, -0.2) is 4.39 Å². The van der Waals surface area contributed by atoms with Gasteiger partial charge in [-0.2, -0.15) is 11.3 Å². The monoisotopic (exact) mass is 358 g/mol. The number of nitrogens with zero attached hydrogens (tertiary/aromatic N) is 2. The van der Waals surface area contributed by atoms with Crippen molar-refractivity contribution in [2.24, 2.45) is 0 Å². The van der Waals surface area contributed by atoms with Gasteiger partial charge in [0, 0.05) is 37.8 Å². The van der Waals surface area contributed by atoms with Crippen LogP contribution in [-0.2, 0) is 4.79 Å². The smallest absolute Gasteiger partial charge is 0.246 e. The summed E-state index contributed by atoms with van der Waals surface area (Å²) in [6.07, 6.45) is 3.39. The number of benzene rings is 1. The van der Waals surface area contributed by atoms with Crippen LogP contribution in [0.3, 0.4) is 0 Å². The summed E-state index contributed by atoms with van der Waals surface area (Å²) in [6.45, 7) is 3.63. The number of rotatable bonds is 4. The maximum absolute atomic E-state index is 14.2. The Bertz CT molecular complexity index is 794. The zero-order chi connectivity index (χ0) is 17.8. The number of ketones is 1. The van der Waals surface area contributed by atoms with Gasteiger partial charge in [0.1, 0.15) is 5.82 Å². The number of hydrogen-bond acceptors (Lipinski definition) is 4. The first-order valence-electron chi connectivity index (χ1n) is 8.09. The second-order valence-corrected chi connectivity index (χ2v) is 6.70. The minimum atomic E-state index is -0.398. The van der Waals surface area contributed by atoms with Gasteiger partial charge >= 0.3 is 0 Å². The average molecular weight is 358 g/mol. The molecule has 3 rings (SSSR count). The van der Waals surface area contributed by atoms with Crippen LogP contribution in [0.1, 0.15) is 22.8 Å². The molecule has 6 heteroatoms. The number of amides is 1. The van der Waals surface area contributed by atoms with Gasteiger partial charge in [-0.15, -0.1) is 0 Å². The zero-order valence-electron chi connectivity index (χ0n) is 13.9. The molecule has 1 saturated heterocycles. The van der Waals surface area contributed by atoms with Crippen LogP contribution in [0, 0.1) is 5.82 Å². The number of Topliss-reactive ketones (excluding diaryl/α,β-unsaturated/α-hetero) is 1. The van der Waals surface area contributed by atoms with Crippen LogP contribution in [0.25, 0.3) is 6.08 Å². The number of halogens is 1. The normalized spacial score (nSPS) is 15.0. The Labute approximate surface area is 150 Å². The molecule has 0 N–H and O–H groups in total. The van der Waals surface area contributed by atoms with Crippen molar-refractivity contribution in [2.75, 3.05) is 31.1 Å². The van der Waals surface area contributed by atoms with Crippen LogP contribution < -0.4 is 4.90 Å². The van der Waals surface area contributed by atoms with E-state index in [9.17, 15) is 14.0 Å². The molecule has 0 bridgehead atoms. The fourth-order valence-electron chi connectivity index (χ4n) is 2.79. The summed E-state index contributed by atoms with van der Waals surface area (Å²) < 4.78 is 14.2. The van der Waals surface area contributed by atoms with E-state index in [4.69, 9.17) is 0 Å². The number of hydrogen-bond donors (Lipinski definition) is 0. The Morgan fingerprint density at radius 1 is 1.16 bits per heavy atom. The highest BCUT2D eigenvalue weighted by atomic mass is 32.1. The van der Waals surface area contributed by atoms with Crippen LogP contribution in [0.2, 0.25) is 0 Å². The lowest BCUT2D eigenvalue weighted by Gasteiger charge is -2.35. The largest absolute Gasteiger partial charge is 0.366 e. The van der Waals surface area contributed by atoms with E-state index in [-0.39, 0.29) is 11.7 Å². The number of thiophene rings is 1. The SMILES string of the molecule is CC(=O)c1ccc(N2CCN(C(=O)/C=C/c3ccsc3)CC2)c(F)c1. The Hall–Kier alpha value is -2.47. The third-order valence-corrected chi connectivity index (χ3v) is 4.95. The van der Waals surface area contributed by atoms with Gasteiger partial charge < -0.3 is 9.80 Å². The quantitative estimate of drug-likeness (QED) is 0.621. The first-order valence-corrected chi connectivity index (χ1v) is 9.03. The summed E-state index contributed by atoms with van der Waals surface area (Å²) in [4.78, 5) is 27.2. The number of anilines is 1. The predicted molar refractivity (Wildman–Crippen MR) is 98.6 cm³/mol. The maximum atomic E-state index is 14.2. The molecule has 0 unspecified atom stereocenters. The molecule has 0 radical (unpaired) electrons. The highest BCUT2D eigenvalue weighted by Crippen LogP contribution is 2.22. The standard InChI is InChI=1S/C19H19FN2O2S/c1-14(23)16-3-4-18(17(20)12-16)21-7-9-22(10-8-21)19(24)5-2-15-6-11-25-13-15/h2-6,11-13H,7-10H2,1H3/b5-2+. The van der Waals surface area contributed by atoms with E-state index >= 15 is 0 Å². The van der Waals surface area contributed by atoms with Crippen LogP contribution >= 0.6 is 11.3 Å². The molecule has 0 spiro atoms. The molecule has 0 atom stereocenters. The highest BCUT2D eigenvalue weighted by molar-refractivity contribution is 7.08. The molecular formula is C19H19FN2O2S. The second kappa shape index (κ2) is 7.61. The van der Waals surface area contributed by atoms with E-state index in [1.807, 2.05) is 27.8 Å². The molecule has 1 aliphatic rings. The third-order valence-electron chi connectivity index (χ3n) is 4.25. The zero-order valence-corrected chi connectivity index (χ0v) is 14.8. The van der Waals surface area contributed by atoms with Crippen LogP contribution in [0.4, 0.5) is 10.1 Å². The van der Waals surface area contributed by atoms with Gasteiger partial charge in [0.2, 0.25) is 5.91 Å². The van der Waals surface area contributed by atoms with Gasteiger partial charge in [-0.3, -0.25) is 9.59 Å². The highest BCUT2D eigenvalue weighted by Gasteiger charge is 2.22. The van der Waals surface area contributed by atoms with Crippen LogP contribution in [0.5, 0.6) is 0 Å². The van der Waals surface area contributed by atoms with Crippen molar-refractivity contribution in [1.82, 2.24) is 4.90 Å². The van der Waals surface area contributed by atoms with E-state index in [2.05, 4.69) is 0 Å². The Morgan fingerprint density at radius 2 is 1.92 bits per heavy atom. The lowest BCUT2D eigenvalue weighted by Crippen LogP contribution is -2.48. The fourth-order valence-corrected chi connectivity index (χ4v) is 3.42. The van der Waals surface area contributed by atoms with Gasteiger partial charge in [0.15, 0.2) is 5.78 Å².